The number of anilines is 1. The van der Waals surface area contributed by atoms with Crippen LogP contribution in [0.5, 0.6) is 0 Å². The maximum absolute atomic E-state index is 12.5. The molecule has 168 valence electrons. The zero-order valence-electron chi connectivity index (χ0n) is 16.7. The van der Waals surface area contributed by atoms with Crippen LogP contribution in [0.25, 0.3) is 0 Å². The molecule has 0 aliphatic heterocycles. The molecule has 0 aliphatic rings. The molecule has 31 heavy (non-hydrogen) atoms. The predicted molar refractivity (Wildman–Crippen MR) is 109 cm³/mol. The van der Waals surface area contributed by atoms with E-state index in [1.807, 2.05) is 0 Å². The largest absolute Gasteiger partial charge is 0.452 e. The van der Waals surface area contributed by atoms with E-state index in [2.05, 4.69) is 5.32 Å². The molecule has 2 aromatic rings. The molecular formula is C20H22FNO8S. The van der Waals surface area contributed by atoms with Crippen LogP contribution >= 0.6 is 0 Å². The van der Waals surface area contributed by atoms with Gasteiger partial charge in [0, 0.05) is 7.11 Å². The molecule has 2 atom stereocenters. The summed E-state index contributed by atoms with van der Waals surface area (Å²) in [5.74, 6) is -2.22. The summed E-state index contributed by atoms with van der Waals surface area (Å²) in [4.78, 5) is 36.2. The van der Waals surface area contributed by atoms with E-state index in [1.54, 1.807) is 30.3 Å². The van der Waals surface area contributed by atoms with E-state index >= 15 is 0 Å². The van der Waals surface area contributed by atoms with E-state index in [1.165, 1.54) is 25.3 Å². The smallest absolute Gasteiger partial charge is 0.340 e. The van der Waals surface area contributed by atoms with Crippen molar-refractivity contribution >= 4 is 33.5 Å². The van der Waals surface area contributed by atoms with Gasteiger partial charge in [-0.2, -0.15) is 8.42 Å². The Labute approximate surface area is 178 Å². The molecule has 9 nitrogen and oxygen atoms in total. The number of carbonyl (C=O) groups excluding carboxylic acids is 3. The van der Waals surface area contributed by atoms with Gasteiger partial charge in [0.15, 0.2) is 18.0 Å². The van der Waals surface area contributed by atoms with Gasteiger partial charge in [-0.3, -0.25) is 18.8 Å². The lowest BCUT2D eigenvalue weighted by Crippen LogP contribution is -2.32. The van der Waals surface area contributed by atoms with E-state index in [0.717, 1.165) is 13.0 Å². The number of amides is 1. The molecule has 0 saturated carbocycles. The van der Waals surface area contributed by atoms with Crippen LogP contribution in [0.1, 0.15) is 25.0 Å². The highest BCUT2D eigenvalue weighted by Gasteiger charge is 2.29. The van der Waals surface area contributed by atoms with Crippen LogP contribution in [-0.4, -0.2) is 43.8 Å². The number of benzene rings is 2. The predicted octanol–water partition coefficient (Wildman–Crippen LogP) is 2.30. The normalized spacial score (nSPS) is 12.7. The molecule has 0 saturated heterocycles. The molecular weight excluding hydrogens is 433 g/mol. The average molecular weight is 455 g/mol. The van der Waals surface area contributed by atoms with Crippen molar-refractivity contribution in [2.24, 2.45) is 0 Å². The van der Waals surface area contributed by atoms with Gasteiger partial charge in [0.05, 0.1) is 12.1 Å². The first-order valence-electron chi connectivity index (χ1n) is 8.78. The summed E-state index contributed by atoms with van der Waals surface area (Å²) in [7, 11) is -3.27. The number of carbonyl (C=O) groups is 3. The lowest BCUT2D eigenvalue weighted by Gasteiger charge is -2.20. The highest BCUT2D eigenvalue weighted by molar-refractivity contribution is 7.86. The Morgan fingerprint density at radius 2 is 1.61 bits per heavy atom. The third kappa shape index (κ3) is 7.24. The molecule has 0 aliphatic carbocycles. The summed E-state index contributed by atoms with van der Waals surface area (Å²) in [5.41, 5.74) is 0.344. The van der Waals surface area contributed by atoms with Crippen molar-refractivity contribution in [3.63, 3.8) is 0 Å². The van der Waals surface area contributed by atoms with Crippen LogP contribution in [0.2, 0.25) is 0 Å². The lowest BCUT2D eigenvalue weighted by molar-refractivity contribution is -0.165. The molecule has 0 aromatic heterocycles. The van der Waals surface area contributed by atoms with Crippen LogP contribution in [0.3, 0.4) is 0 Å². The van der Waals surface area contributed by atoms with Gasteiger partial charge >= 0.3 is 5.97 Å². The third-order valence-corrected chi connectivity index (χ3v) is 4.99. The Bertz CT molecular complexity index is 1030. The van der Waals surface area contributed by atoms with E-state index in [9.17, 15) is 27.4 Å². The molecule has 11 heteroatoms. The molecule has 1 amide bonds. The Morgan fingerprint density at radius 1 is 1.03 bits per heavy atom. The lowest BCUT2D eigenvalue weighted by atomic mass is 10.1. The van der Waals surface area contributed by atoms with Crippen LogP contribution in [0, 0.1) is 0 Å². The van der Waals surface area contributed by atoms with E-state index in [0.29, 0.717) is 5.56 Å². The van der Waals surface area contributed by atoms with Crippen LogP contribution in [0.15, 0.2) is 59.5 Å². The maximum Gasteiger partial charge on any atom is 0.340 e. The summed E-state index contributed by atoms with van der Waals surface area (Å²) >= 11 is 0. The summed E-state index contributed by atoms with van der Waals surface area (Å²) < 4.78 is 42.4. The highest BCUT2D eigenvalue weighted by Crippen LogP contribution is 2.22. The van der Waals surface area contributed by atoms with Crippen LogP contribution in [-0.2, 0) is 34.0 Å². The number of nitrogens with one attached hydrogen (secondary N) is 1. The molecule has 0 fully saturated rings. The fourth-order valence-corrected chi connectivity index (χ4v) is 3.28. The number of hydrogen-bond donors (Lipinski definition) is 2. The van der Waals surface area contributed by atoms with Crippen molar-refractivity contribution in [3.05, 3.63) is 60.2 Å². The minimum atomic E-state index is -4.57. The second kappa shape index (κ2) is 11.3. The molecule has 0 bridgehead atoms. The minimum absolute atomic E-state index is 0. The van der Waals surface area contributed by atoms with Crippen molar-refractivity contribution in [2.75, 3.05) is 12.4 Å². The first kappa shape index (κ1) is 25.9. The van der Waals surface area contributed by atoms with Gasteiger partial charge < -0.3 is 14.8 Å². The van der Waals surface area contributed by atoms with Gasteiger partial charge in [-0.25, -0.2) is 4.79 Å². The van der Waals surface area contributed by atoms with Gasteiger partial charge in [-0.1, -0.05) is 42.5 Å². The van der Waals surface area contributed by atoms with Crippen LogP contribution in [0.4, 0.5) is 10.4 Å². The standard InChI is InChI=1S/C20H21NO8S.FH/c1-13(22)16(29-20(24)19(28-2)14-8-4-3-5-9-14)12-18(23)21-15-10-6-7-11-17(15)30(25,26)27;/h3-11,16,19H,12H2,1-2H3,(H,21,23)(H,25,26,27);1H. The van der Waals surface area contributed by atoms with E-state index in [-0.39, 0.29) is 10.4 Å². The number of Topliss-reactive ketones (excluding diaryl/α,β-unsaturated/α-hetero) is 1. The van der Waals surface area contributed by atoms with Gasteiger partial charge in [0.25, 0.3) is 10.1 Å². The fraction of sp³-hybridized carbons (Fsp3) is 0.250. The first-order chi connectivity index (χ1) is 14.1. The number of ether oxygens (including phenoxy) is 2. The molecule has 2 rings (SSSR count). The first-order valence-corrected chi connectivity index (χ1v) is 10.2. The Kier molecular flexibility index (Phi) is 9.43. The number of para-hydroxylation sites is 1. The quantitative estimate of drug-likeness (QED) is 0.434. The third-order valence-electron chi connectivity index (χ3n) is 4.07. The number of hydrogen-bond acceptors (Lipinski definition) is 7. The molecule has 2 N–H and O–H groups in total. The van der Waals surface area contributed by atoms with E-state index < -0.39 is 51.3 Å². The summed E-state index contributed by atoms with van der Waals surface area (Å²) in [6.07, 6.45) is -3.04. The van der Waals surface area contributed by atoms with Crippen molar-refractivity contribution in [2.45, 2.75) is 30.4 Å². The number of ketones is 1. The highest BCUT2D eigenvalue weighted by atomic mass is 32.2. The number of rotatable bonds is 9. The van der Waals surface area contributed by atoms with Crippen LogP contribution < -0.4 is 5.32 Å². The summed E-state index contributed by atoms with van der Waals surface area (Å²) in [6, 6.07) is 13.7. The second-order valence-corrected chi connectivity index (χ2v) is 7.68. The molecule has 2 aromatic carbocycles. The van der Waals surface area contributed by atoms with Gasteiger partial charge in [0.1, 0.15) is 4.90 Å². The van der Waals surface area contributed by atoms with Gasteiger partial charge in [0.2, 0.25) is 5.91 Å². The average Bonchev–Trinajstić information content (AvgIpc) is 2.68. The van der Waals surface area contributed by atoms with Crippen molar-refractivity contribution in [3.8, 4) is 0 Å². The molecule has 0 radical (unpaired) electrons. The minimum Gasteiger partial charge on any atom is -0.452 e. The number of halogens is 1. The van der Waals surface area contributed by atoms with Crippen molar-refractivity contribution in [1.29, 1.82) is 0 Å². The SMILES string of the molecule is COC(C(=O)OC(CC(=O)Nc1ccccc1S(=O)(=O)O)C(C)=O)c1ccccc1.F. The Hall–Kier alpha value is -3.15. The van der Waals surface area contributed by atoms with Gasteiger partial charge in [-0.15, -0.1) is 0 Å². The zero-order valence-corrected chi connectivity index (χ0v) is 17.5. The van der Waals surface area contributed by atoms with Crippen molar-refractivity contribution in [1.82, 2.24) is 0 Å². The number of esters is 1. The molecule has 0 spiro atoms. The maximum atomic E-state index is 12.5. The Morgan fingerprint density at radius 3 is 2.16 bits per heavy atom. The molecule has 0 heterocycles. The Balaban J connectivity index is 0.00000480. The zero-order chi connectivity index (χ0) is 22.3. The fourth-order valence-electron chi connectivity index (χ4n) is 2.63. The summed E-state index contributed by atoms with van der Waals surface area (Å²) in [5, 5.41) is 2.30. The number of methoxy groups -OCH3 is 1. The second-order valence-electron chi connectivity index (χ2n) is 6.29. The monoisotopic (exact) mass is 455 g/mol. The molecule has 2 unspecified atom stereocenters. The van der Waals surface area contributed by atoms with Gasteiger partial charge in [-0.05, 0) is 24.6 Å². The van der Waals surface area contributed by atoms with Crippen molar-refractivity contribution < 1.29 is 41.5 Å². The van der Waals surface area contributed by atoms with E-state index in [4.69, 9.17) is 9.47 Å². The topological polar surface area (TPSA) is 136 Å². The summed E-state index contributed by atoms with van der Waals surface area (Å²) in [6.45, 7) is 1.15.